The third kappa shape index (κ3) is 3.85. The van der Waals surface area contributed by atoms with Crippen molar-refractivity contribution in [3.05, 3.63) is 76.4 Å². The van der Waals surface area contributed by atoms with E-state index in [4.69, 9.17) is 9.15 Å². The summed E-state index contributed by atoms with van der Waals surface area (Å²) in [6, 6.07) is 14.1. The van der Waals surface area contributed by atoms with E-state index < -0.39 is 11.5 Å². The molecule has 0 saturated carbocycles. The molecule has 5 nitrogen and oxygen atoms in total. The number of carbonyl (C=O) groups excluding carboxylic acids is 1. The molecule has 0 aliphatic rings. The number of fused-ring (bicyclic) bond motifs is 1. The highest BCUT2D eigenvalue weighted by atomic mass is 19.1. The lowest BCUT2D eigenvalue weighted by molar-refractivity contribution is 0.0770. The van der Waals surface area contributed by atoms with Crippen molar-refractivity contribution < 1.29 is 18.3 Å². The lowest BCUT2D eigenvalue weighted by Gasteiger charge is -2.17. The SMILES string of the molecule is CN(CCOc1ccc(F)cc1)C(=O)c1cc2ccccc2oc1=O. The van der Waals surface area contributed by atoms with E-state index >= 15 is 0 Å². The highest BCUT2D eigenvalue weighted by Gasteiger charge is 2.17. The van der Waals surface area contributed by atoms with E-state index in [-0.39, 0.29) is 24.5 Å². The summed E-state index contributed by atoms with van der Waals surface area (Å²) in [6.45, 7) is 0.481. The molecule has 1 aromatic heterocycles. The minimum atomic E-state index is -0.671. The van der Waals surface area contributed by atoms with Crippen LogP contribution in [-0.4, -0.2) is 31.0 Å². The standard InChI is InChI=1S/C19H16FNO4/c1-21(10-11-24-15-8-6-14(20)7-9-15)18(22)16-12-13-4-2-3-5-17(13)25-19(16)23/h2-9,12H,10-11H2,1H3. The molecule has 0 radical (unpaired) electrons. The van der Waals surface area contributed by atoms with Crippen LogP contribution in [-0.2, 0) is 0 Å². The molecule has 0 fully saturated rings. The second-order valence-electron chi connectivity index (χ2n) is 5.51. The zero-order chi connectivity index (χ0) is 17.8. The van der Waals surface area contributed by atoms with Gasteiger partial charge in [0.2, 0.25) is 0 Å². The molecule has 3 aromatic rings. The fourth-order valence-corrected chi connectivity index (χ4v) is 2.35. The Hall–Kier alpha value is -3.15. The van der Waals surface area contributed by atoms with E-state index in [9.17, 15) is 14.0 Å². The number of nitrogens with zero attached hydrogens (tertiary/aromatic N) is 1. The molecule has 0 unspecified atom stereocenters. The van der Waals surface area contributed by atoms with Gasteiger partial charge in [0, 0.05) is 12.4 Å². The molecular weight excluding hydrogens is 325 g/mol. The van der Waals surface area contributed by atoms with Gasteiger partial charge in [-0.2, -0.15) is 0 Å². The van der Waals surface area contributed by atoms with E-state index in [2.05, 4.69) is 0 Å². The Labute approximate surface area is 143 Å². The van der Waals surface area contributed by atoms with Gasteiger partial charge in [-0.25, -0.2) is 9.18 Å². The number of carbonyl (C=O) groups is 1. The molecule has 0 aliphatic carbocycles. The Morgan fingerprint density at radius 1 is 1.16 bits per heavy atom. The first kappa shape index (κ1) is 16.7. The van der Waals surface area contributed by atoms with Gasteiger partial charge in [-0.15, -0.1) is 0 Å². The molecule has 1 amide bonds. The normalized spacial score (nSPS) is 10.6. The van der Waals surface area contributed by atoms with E-state index in [1.807, 2.05) is 0 Å². The van der Waals surface area contributed by atoms with Crippen LogP contribution in [0.5, 0.6) is 5.75 Å². The topological polar surface area (TPSA) is 59.8 Å². The quantitative estimate of drug-likeness (QED) is 0.669. The summed E-state index contributed by atoms with van der Waals surface area (Å²) in [4.78, 5) is 25.9. The number of benzene rings is 2. The first-order valence-electron chi connectivity index (χ1n) is 7.71. The number of ether oxygens (including phenoxy) is 1. The third-order valence-electron chi connectivity index (χ3n) is 3.73. The van der Waals surface area contributed by atoms with Crippen LogP contribution in [0.15, 0.2) is 63.8 Å². The molecule has 128 valence electrons. The largest absolute Gasteiger partial charge is 0.492 e. The van der Waals surface area contributed by atoms with Crippen molar-refractivity contribution in [1.29, 1.82) is 0 Å². The van der Waals surface area contributed by atoms with Crippen molar-refractivity contribution in [2.45, 2.75) is 0 Å². The maximum atomic E-state index is 12.8. The molecule has 2 aromatic carbocycles. The van der Waals surface area contributed by atoms with Gasteiger partial charge in [0.1, 0.15) is 29.3 Å². The van der Waals surface area contributed by atoms with Crippen LogP contribution in [0.3, 0.4) is 0 Å². The Kier molecular flexibility index (Phi) is 4.79. The molecule has 3 rings (SSSR count). The molecule has 0 N–H and O–H groups in total. The summed E-state index contributed by atoms with van der Waals surface area (Å²) in [5.41, 5.74) is -0.260. The van der Waals surface area contributed by atoms with E-state index in [1.54, 1.807) is 31.3 Å². The zero-order valence-electron chi connectivity index (χ0n) is 13.6. The maximum Gasteiger partial charge on any atom is 0.349 e. The van der Waals surface area contributed by atoms with Crippen molar-refractivity contribution in [2.75, 3.05) is 20.2 Å². The Bertz CT molecular complexity index is 950. The molecule has 6 heteroatoms. The average molecular weight is 341 g/mol. The second-order valence-corrected chi connectivity index (χ2v) is 5.51. The van der Waals surface area contributed by atoms with E-state index in [1.165, 1.54) is 35.2 Å². The van der Waals surface area contributed by atoms with Crippen LogP contribution in [0.1, 0.15) is 10.4 Å². The van der Waals surface area contributed by atoms with E-state index in [0.29, 0.717) is 16.7 Å². The second kappa shape index (κ2) is 7.17. The highest BCUT2D eigenvalue weighted by Crippen LogP contribution is 2.14. The van der Waals surface area contributed by atoms with Crippen molar-refractivity contribution >= 4 is 16.9 Å². The van der Waals surface area contributed by atoms with Gasteiger partial charge in [0.05, 0.1) is 6.54 Å². The number of para-hydroxylation sites is 1. The number of rotatable bonds is 5. The van der Waals surface area contributed by atoms with Crippen molar-refractivity contribution in [3.63, 3.8) is 0 Å². The van der Waals surface area contributed by atoms with Gasteiger partial charge in [-0.05, 0) is 36.4 Å². The van der Waals surface area contributed by atoms with Gasteiger partial charge >= 0.3 is 5.63 Å². The van der Waals surface area contributed by atoms with Gasteiger partial charge in [-0.1, -0.05) is 18.2 Å². The van der Waals surface area contributed by atoms with Gasteiger partial charge in [0.15, 0.2) is 0 Å². The van der Waals surface area contributed by atoms with Crippen molar-refractivity contribution in [1.82, 2.24) is 4.90 Å². The summed E-state index contributed by atoms with van der Waals surface area (Å²) in [5, 5.41) is 0.682. The van der Waals surface area contributed by atoms with Gasteiger partial charge in [0.25, 0.3) is 5.91 Å². The molecular formula is C19H16FNO4. The monoisotopic (exact) mass is 341 g/mol. The maximum absolute atomic E-state index is 12.8. The Balaban J connectivity index is 1.67. The Morgan fingerprint density at radius 3 is 2.64 bits per heavy atom. The van der Waals surface area contributed by atoms with Crippen LogP contribution in [0.4, 0.5) is 4.39 Å². The molecule has 0 spiro atoms. The van der Waals surface area contributed by atoms with Crippen LogP contribution < -0.4 is 10.4 Å². The van der Waals surface area contributed by atoms with Gasteiger partial charge in [-0.3, -0.25) is 4.79 Å². The number of hydrogen-bond acceptors (Lipinski definition) is 4. The average Bonchev–Trinajstić information content (AvgIpc) is 2.62. The number of halogens is 1. The molecule has 0 saturated heterocycles. The predicted octanol–water partition coefficient (Wildman–Crippen LogP) is 3.08. The van der Waals surface area contributed by atoms with Gasteiger partial charge < -0.3 is 14.1 Å². The minimum absolute atomic E-state index is 0.0250. The fourth-order valence-electron chi connectivity index (χ4n) is 2.35. The molecule has 0 atom stereocenters. The summed E-state index contributed by atoms with van der Waals surface area (Å²) >= 11 is 0. The van der Waals surface area contributed by atoms with Crippen LogP contribution in [0.2, 0.25) is 0 Å². The van der Waals surface area contributed by atoms with Crippen molar-refractivity contribution in [3.8, 4) is 5.75 Å². The number of amides is 1. The predicted molar refractivity (Wildman–Crippen MR) is 91.3 cm³/mol. The molecule has 0 bridgehead atoms. The Morgan fingerprint density at radius 2 is 1.88 bits per heavy atom. The lowest BCUT2D eigenvalue weighted by Crippen LogP contribution is -2.33. The van der Waals surface area contributed by atoms with E-state index in [0.717, 1.165) is 0 Å². The lowest BCUT2D eigenvalue weighted by atomic mass is 10.1. The smallest absolute Gasteiger partial charge is 0.349 e. The minimum Gasteiger partial charge on any atom is -0.492 e. The number of likely N-dealkylation sites (N-methyl/N-ethyl adjacent to an activating group) is 1. The first-order chi connectivity index (χ1) is 12.0. The molecule has 0 aliphatic heterocycles. The highest BCUT2D eigenvalue weighted by molar-refractivity contribution is 5.96. The van der Waals surface area contributed by atoms with Crippen LogP contribution in [0.25, 0.3) is 11.0 Å². The third-order valence-corrected chi connectivity index (χ3v) is 3.73. The number of hydrogen-bond donors (Lipinski definition) is 0. The fraction of sp³-hybridized carbons (Fsp3) is 0.158. The molecule has 1 heterocycles. The molecule has 25 heavy (non-hydrogen) atoms. The summed E-state index contributed by atoms with van der Waals surface area (Å²) in [6.07, 6.45) is 0. The zero-order valence-corrected chi connectivity index (χ0v) is 13.6. The summed E-state index contributed by atoms with van der Waals surface area (Å²) < 4.78 is 23.5. The van der Waals surface area contributed by atoms with Crippen LogP contribution in [0, 0.1) is 5.82 Å². The summed E-state index contributed by atoms with van der Waals surface area (Å²) in [7, 11) is 1.57. The summed E-state index contributed by atoms with van der Waals surface area (Å²) in [5.74, 6) is -0.280. The van der Waals surface area contributed by atoms with Crippen molar-refractivity contribution in [2.24, 2.45) is 0 Å². The van der Waals surface area contributed by atoms with Crippen LogP contribution >= 0.6 is 0 Å². The first-order valence-corrected chi connectivity index (χ1v) is 7.71.